The molecule has 27 heavy (non-hydrogen) atoms. The third-order valence-electron chi connectivity index (χ3n) is 3.84. The van der Waals surface area contributed by atoms with Gasteiger partial charge in [0.05, 0.1) is 11.4 Å². The number of carboxylic acid groups (broad SMARTS) is 1. The maximum Gasteiger partial charge on any atom is 0.313 e. The van der Waals surface area contributed by atoms with Crippen molar-refractivity contribution in [2.24, 2.45) is 0 Å². The summed E-state index contributed by atoms with van der Waals surface area (Å²) in [6.07, 6.45) is 9.03. The van der Waals surface area contributed by atoms with E-state index in [0.717, 1.165) is 10.5 Å². The summed E-state index contributed by atoms with van der Waals surface area (Å²) in [6, 6.07) is 14.8. The van der Waals surface area contributed by atoms with Crippen LogP contribution in [0.5, 0.6) is 0 Å². The van der Waals surface area contributed by atoms with Crippen molar-refractivity contribution < 1.29 is 14.7 Å². The smallest absolute Gasteiger partial charge is 0.313 e. The fourth-order valence-electron chi connectivity index (χ4n) is 2.59. The van der Waals surface area contributed by atoms with Gasteiger partial charge in [0.2, 0.25) is 5.78 Å². The molecule has 0 saturated heterocycles. The van der Waals surface area contributed by atoms with E-state index in [-0.39, 0.29) is 11.5 Å². The minimum atomic E-state index is -0.833. The molecule has 0 spiro atoms. The lowest BCUT2D eigenvalue weighted by Gasteiger charge is -2.06. The van der Waals surface area contributed by atoms with Crippen LogP contribution in [0.2, 0.25) is 0 Å². The number of aliphatic carboxylic acids is 1. The third kappa shape index (κ3) is 5.18. The van der Waals surface area contributed by atoms with Crippen LogP contribution >= 0.6 is 11.8 Å². The molecule has 0 atom stereocenters. The normalized spacial score (nSPS) is 11.0. The van der Waals surface area contributed by atoms with E-state index >= 15 is 0 Å². The van der Waals surface area contributed by atoms with Crippen LogP contribution in [0.1, 0.15) is 21.6 Å². The highest BCUT2D eigenvalue weighted by molar-refractivity contribution is 8.00. The van der Waals surface area contributed by atoms with Crippen LogP contribution in [-0.4, -0.2) is 32.2 Å². The first-order valence-electron chi connectivity index (χ1n) is 8.34. The van der Waals surface area contributed by atoms with Crippen molar-refractivity contribution in [3.8, 4) is 0 Å². The van der Waals surface area contributed by atoms with Crippen molar-refractivity contribution in [3.63, 3.8) is 0 Å². The lowest BCUT2D eigenvalue weighted by Crippen LogP contribution is -2.09. The number of carboxylic acids is 1. The average Bonchev–Trinajstić information content (AvgIpc) is 3.15. The quantitative estimate of drug-likeness (QED) is 0.474. The van der Waals surface area contributed by atoms with Crippen LogP contribution < -0.4 is 0 Å². The minimum Gasteiger partial charge on any atom is -0.481 e. The van der Waals surface area contributed by atoms with Gasteiger partial charge in [-0.3, -0.25) is 14.6 Å². The topological polar surface area (TPSA) is 72.2 Å². The summed E-state index contributed by atoms with van der Waals surface area (Å²) in [5.74, 6) is -0.834. The van der Waals surface area contributed by atoms with Crippen LogP contribution in [0.25, 0.3) is 6.08 Å². The Morgan fingerprint density at radius 3 is 2.70 bits per heavy atom. The number of rotatable bonds is 8. The molecule has 5 nitrogen and oxygen atoms in total. The second kappa shape index (κ2) is 9.00. The van der Waals surface area contributed by atoms with E-state index in [2.05, 4.69) is 4.98 Å². The number of aromatic nitrogens is 2. The Hall–Kier alpha value is -3.12. The van der Waals surface area contributed by atoms with Gasteiger partial charge in [0, 0.05) is 35.6 Å². The molecule has 0 aliphatic rings. The molecule has 3 rings (SSSR count). The number of hydrogen-bond acceptors (Lipinski definition) is 4. The molecule has 0 amide bonds. The summed E-state index contributed by atoms with van der Waals surface area (Å²) >= 11 is 1.29. The second-order valence-corrected chi connectivity index (χ2v) is 6.82. The molecular weight excluding hydrogens is 360 g/mol. The minimum absolute atomic E-state index is 0.0387. The zero-order chi connectivity index (χ0) is 19.1. The number of thioether (sulfide) groups is 1. The van der Waals surface area contributed by atoms with Crippen LogP contribution in [0.15, 0.2) is 78.1 Å². The monoisotopic (exact) mass is 378 g/mol. The van der Waals surface area contributed by atoms with Crippen molar-refractivity contribution in [1.82, 2.24) is 9.55 Å². The highest BCUT2D eigenvalue weighted by Crippen LogP contribution is 2.19. The molecule has 6 heteroatoms. The fraction of sp³-hybridized carbons (Fsp3) is 0.0952. The van der Waals surface area contributed by atoms with E-state index in [1.807, 2.05) is 53.2 Å². The Balaban J connectivity index is 1.68. The van der Waals surface area contributed by atoms with Crippen molar-refractivity contribution in [2.45, 2.75) is 11.4 Å². The van der Waals surface area contributed by atoms with Crippen LogP contribution in [0, 0.1) is 0 Å². The van der Waals surface area contributed by atoms with E-state index < -0.39 is 5.97 Å². The molecule has 1 aromatic carbocycles. The van der Waals surface area contributed by atoms with Gasteiger partial charge in [-0.2, -0.15) is 0 Å². The number of nitrogens with zero attached hydrogens (tertiary/aromatic N) is 2. The number of ketones is 1. The number of allylic oxidation sites excluding steroid dienone is 1. The predicted octanol–water partition coefficient (Wildman–Crippen LogP) is 4.00. The largest absolute Gasteiger partial charge is 0.481 e. The van der Waals surface area contributed by atoms with Gasteiger partial charge < -0.3 is 9.67 Å². The number of hydrogen-bond donors (Lipinski definition) is 1. The van der Waals surface area contributed by atoms with E-state index in [4.69, 9.17) is 5.11 Å². The maximum atomic E-state index is 12.6. The van der Waals surface area contributed by atoms with Gasteiger partial charge in [0.1, 0.15) is 0 Å². The molecule has 136 valence electrons. The first-order chi connectivity index (χ1) is 13.1. The number of carbonyl (C=O) groups excluding carboxylic acids is 1. The molecule has 0 radical (unpaired) electrons. The van der Waals surface area contributed by atoms with Gasteiger partial charge in [-0.1, -0.05) is 24.3 Å². The second-order valence-electron chi connectivity index (χ2n) is 5.77. The fourth-order valence-corrected chi connectivity index (χ4v) is 3.27. The van der Waals surface area contributed by atoms with Crippen molar-refractivity contribution in [1.29, 1.82) is 0 Å². The predicted molar refractivity (Wildman–Crippen MR) is 106 cm³/mol. The third-order valence-corrected chi connectivity index (χ3v) is 4.82. The molecule has 1 N–H and O–H groups in total. The first kappa shape index (κ1) is 18.7. The Morgan fingerprint density at radius 1 is 1.11 bits per heavy atom. The summed E-state index contributed by atoms with van der Waals surface area (Å²) in [6.45, 7) is 0.561. The molecule has 0 unspecified atom stereocenters. The van der Waals surface area contributed by atoms with Gasteiger partial charge in [0.25, 0.3) is 0 Å². The molecular formula is C21H18N2O3S. The Labute approximate surface area is 161 Å². The first-order valence-corrected chi connectivity index (χ1v) is 9.33. The van der Waals surface area contributed by atoms with Gasteiger partial charge in [0.15, 0.2) is 0 Å². The summed E-state index contributed by atoms with van der Waals surface area (Å²) in [7, 11) is 0. The molecule has 3 aromatic rings. The lowest BCUT2D eigenvalue weighted by atomic mass is 10.1. The Bertz CT molecular complexity index is 964. The SMILES string of the molecule is O=C(O)CSc1cccc(C=CCn2cccc2C(=O)c2ccncc2)c1. The molecule has 0 bridgehead atoms. The van der Waals surface area contributed by atoms with Crippen molar-refractivity contribution in [2.75, 3.05) is 5.75 Å². The van der Waals surface area contributed by atoms with Gasteiger partial charge in [-0.15, -0.1) is 11.8 Å². The zero-order valence-electron chi connectivity index (χ0n) is 14.5. The molecule has 0 aliphatic heterocycles. The van der Waals surface area contributed by atoms with Crippen molar-refractivity contribution in [3.05, 3.63) is 90.0 Å². The average molecular weight is 378 g/mol. The number of benzene rings is 1. The highest BCUT2D eigenvalue weighted by atomic mass is 32.2. The highest BCUT2D eigenvalue weighted by Gasteiger charge is 2.12. The molecule has 2 aromatic heterocycles. The summed E-state index contributed by atoms with van der Waals surface area (Å²) in [5.41, 5.74) is 2.22. The van der Waals surface area contributed by atoms with Crippen LogP contribution in [0.3, 0.4) is 0 Å². The standard InChI is InChI=1S/C21H18N2O3S/c24-20(25)15-27-18-6-1-4-16(14-18)5-2-12-23-13-3-7-19(23)21(26)17-8-10-22-11-9-17/h1-11,13-14H,12,15H2,(H,24,25). The number of carbonyl (C=O) groups is 2. The van der Waals surface area contributed by atoms with Crippen LogP contribution in [0.4, 0.5) is 0 Å². The zero-order valence-corrected chi connectivity index (χ0v) is 15.3. The Morgan fingerprint density at radius 2 is 1.93 bits per heavy atom. The lowest BCUT2D eigenvalue weighted by molar-refractivity contribution is -0.133. The van der Waals surface area contributed by atoms with E-state index in [1.54, 1.807) is 30.6 Å². The van der Waals surface area contributed by atoms with Gasteiger partial charge >= 0.3 is 5.97 Å². The molecule has 0 aliphatic carbocycles. The van der Waals surface area contributed by atoms with E-state index in [9.17, 15) is 9.59 Å². The summed E-state index contributed by atoms with van der Waals surface area (Å²) in [5, 5.41) is 8.78. The Kier molecular flexibility index (Phi) is 6.22. The summed E-state index contributed by atoms with van der Waals surface area (Å²) in [4.78, 5) is 28.1. The van der Waals surface area contributed by atoms with E-state index in [0.29, 0.717) is 17.8 Å². The number of pyridine rings is 1. The van der Waals surface area contributed by atoms with E-state index in [1.165, 1.54) is 11.8 Å². The molecule has 2 heterocycles. The summed E-state index contributed by atoms with van der Waals surface area (Å²) < 4.78 is 1.89. The molecule has 0 fully saturated rings. The maximum absolute atomic E-state index is 12.6. The van der Waals surface area contributed by atoms with Crippen LogP contribution in [-0.2, 0) is 11.3 Å². The van der Waals surface area contributed by atoms with Gasteiger partial charge in [-0.05, 0) is 42.0 Å². The molecule has 0 saturated carbocycles. The van der Waals surface area contributed by atoms with Gasteiger partial charge in [-0.25, -0.2) is 0 Å². The van der Waals surface area contributed by atoms with Crippen molar-refractivity contribution >= 4 is 29.6 Å².